The second kappa shape index (κ2) is 2.71. The number of hydrogen-bond donors (Lipinski definition) is 2. The molecule has 0 saturated carbocycles. The monoisotopic (exact) mass is 156 g/mol. The molecule has 11 heavy (non-hydrogen) atoms. The minimum Gasteiger partial charge on any atom is -0.325 e. The van der Waals surface area contributed by atoms with E-state index in [1.165, 1.54) is 13.1 Å². The Hall–Kier alpha value is -0.160. The second-order valence-electron chi connectivity index (χ2n) is 3.71. The highest BCUT2D eigenvalue weighted by Crippen LogP contribution is 2.08. The molecule has 2 aliphatic heterocycles. The fraction of sp³-hybridized carbons (Fsp3) is 1.00. The summed E-state index contributed by atoms with van der Waals surface area (Å²) in [4.78, 5) is 2.30. The van der Waals surface area contributed by atoms with Crippen molar-refractivity contribution in [3.8, 4) is 0 Å². The zero-order valence-corrected chi connectivity index (χ0v) is 6.95. The van der Waals surface area contributed by atoms with Gasteiger partial charge in [-0.15, -0.1) is 0 Å². The van der Waals surface area contributed by atoms with Crippen molar-refractivity contribution < 1.29 is 0 Å². The van der Waals surface area contributed by atoms with Crippen LogP contribution in [0.3, 0.4) is 0 Å². The van der Waals surface area contributed by atoms with Crippen molar-refractivity contribution >= 4 is 0 Å². The summed E-state index contributed by atoms with van der Waals surface area (Å²) in [5.41, 5.74) is 9.06. The third-order valence-corrected chi connectivity index (χ3v) is 2.34. The van der Waals surface area contributed by atoms with Gasteiger partial charge in [0.05, 0.1) is 0 Å². The van der Waals surface area contributed by atoms with Gasteiger partial charge in [0, 0.05) is 38.3 Å². The summed E-state index contributed by atoms with van der Waals surface area (Å²) < 4.78 is 0. The van der Waals surface area contributed by atoms with E-state index < -0.39 is 0 Å². The molecule has 2 saturated heterocycles. The van der Waals surface area contributed by atoms with Gasteiger partial charge in [-0.1, -0.05) is 0 Å². The normalized spacial score (nSPS) is 30.0. The zero-order valence-electron chi connectivity index (χ0n) is 6.95. The molecule has 4 heteroatoms. The van der Waals surface area contributed by atoms with Crippen LogP contribution in [0.25, 0.3) is 0 Å². The van der Waals surface area contributed by atoms with Crippen molar-refractivity contribution in [3.05, 3.63) is 0 Å². The maximum absolute atomic E-state index is 5.64. The van der Waals surface area contributed by atoms with Gasteiger partial charge in [0.2, 0.25) is 0 Å². The molecule has 2 heterocycles. The Balaban J connectivity index is 1.61. The molecule has 0 unspecified atom stereocenters. The molecule has 2 fully saturated rings. The van der Waals surface area contributed by atoms with Gasteiger partial charge in [0.25, 0.3) is 0 Å². The van der Waals surface area contributed by atoms with E-state index in [-0.39, 0.29) is 0 Å². The Labute approximate surface area is 67.3 Å². The lowest BCUT2D eigenvalue weighted by molar-refractivity contribution is 0.0197. The lowest BCUT2D eigenvalue weighted by atomic mass is 10.1. The number of hydrazine groups is 1. The minimum absolute atomic E-state index is 0.403. The smallest absolute Gasteiger partial charge is 0.0469 e. The van der Waals surface area contributed by atoms with Crippen molar-refractivity contribution in [1.82, 2.24) is 15.3 Å². The van der Waals surface area contributed by atoms with Crippen LogP contribution in [0.1, 0.15) is 0 Å². The molecule has 0 radical (unpaired) electrons. The molecule has 3 N–H and O–H groups in total. The van der Waals surface area contributed by atoms with Gasteiger partial charge < -0.3 is 10.6 Å². The van der Waals surface area contributed by atoms with E-state index in [1.54, 1.807) is 0 Å². The largest absolute Gasteiger partial charge is 0.325 e. The fourth-order valence-electron chi connectivity index (χ4n) is 1.66. The Morgan fingerprint density at radius 2 is 1.91 bits per heavy atom. The number of likely N-dealkylation sites (tertiary alicyclic amines) is 1. The van der Waals surface area contributed by atoms with E-state index in [2.05, 4.69) is 22.4 Å². The third-order valence-electron chi connectivity index (χ3n) is 2.34. The zero-order chi connectivity index (χ0) is 7.84. The molecule has 0 aliphatic carbocycles. The number of likely N-dealkylation sites (N-methyl/N-ethyl adjacent to an activating group) is 1. The van der Waals surface area contributed by atoms with Crippen LogP contribution in [0.5, 0.6) is 0 Å². The average Bonchev–Trinajstić information content (AvgIpc) is 1.81. The summed E-state index contributed by atoms with van der Waals surface area (Å²) in [6.07, 6.45) is 0. The molecular formula is C7H16N4. The Kier molecular flexibility index (Phi) is 1.85. The van der Waals surface area contributed by atoms with Crippen molar-refractivity contribution in [2.75, 3.05) is 33.2 Å². The van der Waals surface area contributed by atoms with Gasteiger partial charge in [-0.05, 0) is 7.05 Å². The highest BCUT2D eigenvalue weighted by Gasteiger charge is 2.29. The molecule has 0 aromatic carbocycles. The Morgan fingerprint density at radius 3 is 2.36 bits per heavy atom. The SMILES string of the molecule is CN1CC(NN2CC(N)C2)C1. The lowest BCUT2D eigenvalue weighted by Crippen LogP contribution is -2.68. The van der Waals surface area contributed by atoms with Crippen LogP contribution in [0.2, 0.25) is 0 Å². The van der Waals surface area contributed by atoms with Crippen molar-refractivity contribution in [3.63, 3.8) is 0 Å². The first-order valence-corrected chi connectivity index (χ1v) is 4.19. The van der Waals surface area contributed by atoms with E-state index in [9.17, 15) is 0 Å². The molecule has 0 aromatic heterocycles. The van der Waals surface area contributed by atoms with Crippen LogP contribution >= 0.6 is 0 Å². The van der Waals surface area contributed by atoms with Crippen molar-refractivity contribution in [2.45, 2.75) is 12.1 Å². The molecule has 0 bridgehead atoms. The number of nitrogens with zero attached hydrogens (tertiary/aromatic N) is 2. The van der Waals surface area contributed by atoms with Gasteiger partial charge in [-0.2, -0.15) is 0 Å². The highest BCUT2D eigenvalue weighted by atomic mass is 15.6. The second-order valence-corrected chi connectivity index (χ2v) is 3.71. The fourth-order valence-corrected chi connectivity index (χ4v) is 1.66. The minimum atomic E-state index is 0.403. The predicted octanol–water partition coefficient (Wildman–Crippen LogP) is -1.55. The summed E-state index contributed by atoms with van der Waals surface area (Å²) in [7, 11) is 2.14. The molecule has 0 aromatic rings. The van der Waals surface area contributed by atoms with E-state index in [0.717, 1.165) is 13.1 Å². The summed E-state index contributed by atoms with van der Waals surface area (Å²) in [6.45, 7) is 4.37. The topological polar surface area (TPSA) is 44.5 Å². The number of hydrogen-bond acceptors (Lipinski definition) is 4. The van der Waals surface area contributed by atoms with E-state index in [1.807, 2.05) is 0 Å². The lowest BCUT2D eigenvalue weighted by Gasteiger charge is -2.45. The summed E-state index contributed by atoms with van der Waals surface area (Å²) >= 11 is 0. The molecule has 2 rings (SSSR count). The molecule has 0 spiro atoms. The molecule has 0 atom stereocenters. The molecule has 0 amide bonds. The first kappa shape index (κ1) is 7.49. The van der Waals surface area contributed by atoms with Gasteiger partial charge in [0.15, 0.2) is 0 Å². The molecular weight excluding hydrogens is 140 g/mol. The molecule has 2 aliphatic rings. The van der Waals surface area contributed by atoms with Gasteiger partial charge in [0.1, 0.15) is 0 Å². The third kappa shape index (κ3) is 1.54. The maximum Gasteiger partial charge on any atom is 0.0469 e. The van der Waals surface area contributed by atoms with Gasteiger partial charge >= 0.3 is 0 Å². The first-order chi connectivity index (χ1) is 5.24. The summed E-state index contributed by atoms with van der Waals surface area (Å²) in [5, 5.41) is 2.21. The number of rotatable bonds is 2. The van der Waals surface area contributed by atoms with Crippen LogP contribution in [-0.2, 0) is 0 Å². The quantitative estimate of drug-likeness (QED) is 0.508. The molecule has 4 nitrogen and oxygen atoms in total. The van der Waals surface area contributed by atoms with Gasteiger partial charge in [-0.25, -0.2) is 10.4 Å². The van der Waals surface area contributed by atoms with Crippen molar-refractivity contribution in [2.24, 2.45) is 5.73 Å². The van der Waals surface area contributed by atoms with Crippen LogP contribution in [0.15, 0.2) is 0 Å². The van der Waals surface area contributed by atoms with Gasteiger partial charge in [-0.3, -0.25) is 0 Å². The van der Waals surface area contributed by atoms with Crippen LogP contribution < -0.4 is 11.2 Å². The molecule has 64 valence electrons. The van der Waals surface area contributed by atoms with Crippen LogP contribution in [0, 0.1) is 0 Å². The number of nitrogens with one attached hydrogen (secondary N) is 1. The average molecular weight is 156 g/mol. The summed E-state index contributed by atoms with van der Waals surface area (Å²) in [6, 6.07) is 1.08. The van der Waals surface area contributed by atoms with Crippen LogP contribution in [-0.4, -0.2) is 55.2 Å². The first-order valence-electron chi connectivity index (χ1n) is 4.19. The van der Waals surface area contributed by atoms with E-state index >= 15 is 0 Å². The van der Waals surface area contributed by atoms with Crippen LogP contribution in [0.4, 0.5) is 0 Å². The Morgan fingerprint density at radius 1 is 1.27 bits per heavy atom. The predicted molar refractivity (Wildman–Crippen MR) is 44.0 cm³/mol. The number of nitrogens with two attached hydrogens (primary N) is 1. The standard InChI is InChI=1S/C7H16N4/c1-10-4-7(5-10)9-11-2-6(8)3-11/h6-7,9H,2-5,8H2,1H3. The maximum atomic E-state index is 5.64. The van der Waals surface area contributed by atoms with E-state index in [4.69, 9.17) is 5.73 Å². The Bertz CT molecular complexity index is 121. The van der Waals surface area contributed by atoms with Crippen molar-refractivity contribution in [1.29, 1.82) is 0 Å². The highest BCUT2D eigenvalue weighted by molar-refractivity contribution is 4.87. The summed E-state index contributed by atoms with van der Waals surface area (Å²) in [5.74, 6) is 0. The van der Waals surface area contributed by atoms with E-state index in [0.29, 0.717) is 12.1 Å².